The van der Waals surface area contributed by atoms with E-state index in [4.69, 9.17) is 0 Å². The highest BCUT2D eigenvalue weighted by atomic mass is 32.2. The second-order valence-electron chi connectivity index (χ2n) is 5.22. The molecule has 0 aliphatic carbocycles. The molecule has 1 N–H and O–H groups in total. The molecule has 0 unspecified atom stereocenters. The van der Waals surface area contributed by atoms with Crippen molar-refractivity contribution < 1.29 is 4.21 Å². The van der Waals surface area contributed by atoms with Crippen molar-refractivity contribution in [2.75, 3.05) is 11.6 Å². The third kappa shape index (κ3) is 3.85. The van der Waals surface area contributed by atoms with E-state index in [2.05, 4.69) is 22.4 Å². The molecule has 0 radical (unpaired) electrons. The van der Waals surface area contributed by atoms with Crippen molar-refractivity contribution in [2.24, 2.45) is 0 Å². The summed E-state index contributed by atoms with van der Waals surface area (Å²) in [6.45, 7) is 0. The monoisotopic (exact) mass is 322 g/mol. The molecule has 0 aliphatic heterocycles. The Kier molecular flexibility index (Phi) is 4.83. The van der Waals surface area contributed by atoms with Crippen LogP contribution in [0.3, 0.4) is 0 Å². The van der Waals surface area contributed by atoms with Crippen LogP contribution in [0, 0.1) is 0 Å². The molecule has 0 amide bonds. The Bertz CT molecular complexity index is 751. The highest BCUT2D eigenvalue weighted by Gasteiger charge is 2.15. The summed E-state index contributed by atoms with van der Waals surface area (Å²) in [4.78, 5) is 5.29. The van der Waals surface area contributed by atoms with Gasteiger partial charge in [0.1, 0.15) is 0 Å². The van der Waals surface area contributed by atoms with Crippen LogP contribution < -0.4 is 5.32 Å². The number of anilines is 1. The zero-order valence-electron chi connectivity index (χ0n) is 12.8. The minimum Gasteiger partial charge on any atom is -0.373 e. The zero-order valence-corrected chi connectivity index (χ0v) is 13.7. The lowest BCUT2D eigenvalue weighted by Crippen LogP contribution is -2.13. The van der Waals surface area contributed by atoms with Crippen LogP contribution in [-0.4, -0.2) is 15.4 Å². The van der Waals surface area contributed by atoms with Crippen LogP contribution in [-0.2, 0) is 10.8 Å². The van der Waals surface area contributed by atoms with Crippen molar-refractivity contribution >= 4 is 16.5 Å². The van der Waals surface area contributed by atoms with E-state index in [0.717, 1.165) is 21.8 Å². The van der Waals surface area contributed by atoms with Crippen molar-refractivity contribution in [1.29, 1.82) is 0 Å². The standard InChI is InChI=1S/C19H18N2OS/c1-23(22)17-11-7-10-16(14-17)21-19(15-8-3-2-4-9-15)18-12-5-6-13-20-18/h2-14,19,21H,1H3/t19-,23-/m1/s1. The first-order valence-corrected chi connectivity index (χ1v) is 8.96. The summed E-state index contributed by atoms with van der Waals surface area (Å²) < 4.78 is 11.7. The quantitative estimate of drug-likeness (QED) is 0.771. The molecule has 0 saturated heterocycles. The van der Waals surface area contributed by atoms with Crippen molar-refractivity contribution in [2.45, 2.75) is 10.9 Å². The number of aromatic nitrogens is 1. The SMILES string of the molecule is C[S@@](=O)c1cccc(N[C@H](c2ccccc2)c2ccccn2)c1. The Morgan fingerprint density at radius 1 is 0.957 bits per heavy atom. The third-order valence-corrected chi connectivity index (χ3v) is 4.51. The van der Waals surface area contributed by atoms with Crippen molar-refractivity contribution in [3.63, 3.8) is 0 Å². The van der Waals surface area contributed by atoms with Gasteiger partial charge in [0.2, 0.25) is 0 Å². The predicted molar refractivity (Wildman–Crippen MR) is 94.9 cm³/mol. The van der Waals surface area contributed by atoms with E-state index in [0.29, 0.717) is 0 Å². The molecule has 3 aromatic rings. The smallest absolute Gasteiger partial charge is 0.0940 e. The normalized spacial score (nSPS) is 13.3. The summed E-state index contributed by atoms with van der Waals surface area (Å²) >= 11 is 0. The minimum atomic E-state index is -0.999. The van der Waals surface area contributed by atoms with Crippen LogP contribution in [0.25, 0.3) is 0 Å². The van der Waals surface area contributed by atoms with Gasteiger partial charge >= 0.3 is 0 Å². The second kappa shape index (κ2) is 7.20. The van der Waals surface area contributed by atoms with Gasteiger partial charge in [-0.25, -0.2) is 0 Å². The van der Waals surface area contributed by atoms with Gasteiger partial charge in [-0.2, -0.15) is 0 Å². The fraction of sp³-hybridized carbons (Fsp3) is 0.105. The molecular weight excluding hydrogens is 304 g/mol. The van der Waals surface area contributed by atoms with Gasteiger partial charge in [-0.1, -0.05) is 42.5 Å². The highest BCUT2D eigenvalue weighted by Crippen LogP contribution is 2.26. The van der Waals surface area contributed by atoms with Crippen LogP contribution in [0.4, 0.5) is 5.69 Å². The summed E-state index contributed by atoms with van der Waals surface area (Å²) in [5.41, 5.74) is 3.01. The van der Waals surface area contributed by atoms with Crippen molar-refractivity contribution in [3.05, 3.63) is 90.3 Å². The van der Waals surface area contributed by atoms with Gasteiger partial charge in [-0.05, 0) is 35.9 Å². The number of hydrogen-bond donors (Lipinski definition) is 1. The van der Waals surface area contributed by atoms with Gasteiger partial charge in [0.25, 0.3) is 0 Å². The van der Waals surface area contributed by atoms with Crippen LogP contribution in [0.1, 0.15) is 17.3 Å². The maximum atomic E-state index is 11.7. The molecule has 0 spiro atoms. The van der Waals surface area contributed by atoms with E-state index in [9.17, 15) is 4.21 Å². The number of nitrogens with one attached hydrogen (secondary N) is 1. The summed E-state index contributed by atoms with van der Waals surface area (Å²) in [7, 11) is -0.999. The van der Waals surface area contributed by atoms with E-state index in [-0.39, 0.29) is 6.04 Å². The molecule has 2 atom stereocenters. The maximum absolute atomic E-state index is 11.7. The summed E-state index contributed by atoms with van der Waals surface area (Å²) in [5.74, 6) is 0. The molecule has 23 heavy (non-hydrogen) atoms. The van der Waals surface area contributed by atoms with Crippen LogP contribution in [0.15, 0.2) is 83.9 Å². The van der Waals surface area contributed by atoms with Crippen molar-refractivity contribution in [3.8, 4) is 0 Å². The number of hydrogen-bond acceptors (Lipinski definition) is 3. The van der Waals surface area contributed by atoms with Gasteiger partial charge in [-0.15, -0.1) is 0 Å². The lowest BCUT2D eigenvalue weighted by Gasteiger charge is -2.20. The number of rotatable bonds is 5. The van der Waals surface area contributed by atoms with Crippen LogP contribution in [0.2, 0.25) is 0 Å². The Morgan fingerprint density at radius 2 is 1.74 bits per heavy atom. The lowest BCUT2D eigenvalue weighted by molar-refractivity contribution is 0.687. The van der Waals surface area contributed by atoms with Crippen LogP contribution in [0.5, 0.6) is 0 Å². The van der Waals surface area contributed by atoms with Crippen molar-refractivity contribution in [1.82, 2.24) is 4.98 Å². The molecule has 4 heteroatoms. The lowest BCUT2D eigenvalue weighted by atomic mass is 10.0. The molecule has 116 valence electrons. The highest BCUT2D eigenvalue weighted by molar-refractivity contribution is 7.84. The Hall–Kier alpha value is -2.46. The van der Waals surface area contributed by atoms with Crippen LogP contribution >= 0.6 is 0 Å². The topological polar surface area (TPSA) is 42.0 Å². The molecule has 1 aromatic heterocycles. The van der Waals surface area contributed by atoms with E-state index in [1.54, 1.807) is 12.5 Å². The average molecular weight is 322 g/mol. The largest absolute Gasteiger partial charge is 0.373 e. The first kappa shape index (κ1) is 15.4. The van der Waals surface area contributed by atoms with Gasteiger partial charge in [0, 0.05) is 33.8 Å². The Balaban J connectivity index is 1.97. The van der Waals surface area contributed by atoms with Gasteiger partial charge in [0.05, 0.1) is 11.7 Å². The molecule has 0 saturated carbocycles. The molecule has 1 heterocycles. The molecular formula is C19H18N2OS. The molecule has 0 bridgehead atoms. The van der Waals surface area contributed by atoms with Gasteiger partial charge in [-0.3, -0.25) is 9.19 Å². The fourth-order valence-electron chi connectivity index (χ4n) is 2.45. The molecule has 2 aromatic carbocycles. The summed E-state index contributed by atoms with van der Waals surface area (Å²) in [6, 6.07) is 23.7. The molecule has 0 fully saturated rings. The van der Waals surface area contributed by atoms with E-state index < -0.39 is 10.8 Å². The summed E-state index contributed by atoms with van der Waals surface area (Å²) in [5, 5.41) is 3.51. The zero-order chi connectivity index (χ0) is 16.1. The molecule has 3 rings (SSSR count). The molecule has 0 aliphatic rings. The Labute approximate surface area is 138 Å². The second-order valence-corrected chi connectivity index (χ2v) is 6.60. The first-order chi connectivity index (χ1) is 11.2. The first-order valence-electron chi connectivity index (χ1n) is 7.40. The van der Waals surface area contributed by atoms with E-state index in [1.165, 1.54) is 0 Å². The predicted octanol–water partition coefficient (Wildman–Crippen LogP) is 4.02. The summed E-state index contributed by atoms with van der Waals surface area (Å²) in [6.07, 6.45) is 3.48. The number of benzene rings is 2. The number of nitrogens with zero attached hydrogens (tertiary/aromatic N) is 1. The van der Waals surface area contributed by atoms with E-state index >= 15 is 0 Å². The third-order valence-electron chi connectivity index (χ3n) is 3.59. The van der Waals surface area contributed by atoms with E-state index in [1.807, 2.05) is 60.7 Å². The Morgan fingerprint density at radius 3 is 2.43 bits per heavy atom. The van der Waals surface area contributed by atoms with Gasteiger partial charge in [0.15, 0.2) is 0 Å². The average Bonchev–Trinajstić information content (AvgIpc) is 2.61. The molecule has 3 nitrogen and oxygen atoms in total. The maximum Gasteiger partial charge on any atom is 0.0940 e. The minimum absolute atomic E-state index is 0.0575. The fourth-order valence-corrected chi connectivity index (χ4v) is 3.01. The van der Waals surface area contributed by atoms with Gasteiger partial charge < -0.3 is 5.32 Å². The number of pyridine rings is 1.